The van der Waals surface area contributed by atoms with Crippen LogP contribution in [0.25, 0.3) is 0 Å². The highest BCUT2D eigenvalue weighted by Gasteiger charge is 2.01. The predicted octanol–water partition coefficient (Wildman–Crippen LogP) is 4.16. The fraction of sp³-hybridized carbons (Fsp3) is 0.765. The molecule has 0 aliphatic rings. The van der Waals surface area contributed by atoms with Crippen LogP contribution in [0.5, 0.6) is 0 Å². The van der Waals surface area contributed by atoms with E-state index >= 15 is 0 Å². The third-order valence-corrected chi connectivity index (χ3v) is 3.12. The highest BCUT2D eigenvalue weighted by atomic mass is 16.5. The van der Waals surface area contributed by atoms with Gasteiger partial charge >= 0.3 is 5.97 Å². The summed E-state index contributed by atoms with van der Waals surface area (Å²) in [5, 5.41) is 8.34. The largest absolute Gasteiger partial charge is 0.462 e. The molecule has 0 unspecified atom stereocenters. The van der Waals surface area contributed by atoms with Gasteiger partial charge in [0.25, 0.3) is 0 Å². The van der Waals surface area contributed by atoms with Crippen LogP contribution in [0.2, 0.25) is 0 Å². The van der Waals surface area contributed by atoms with E-state index in [1.165, 1.54) is 32.1 Å². The summed E-state index contributed by atoms with van der Waals surface area (Å²) in [4.78, 5) is 11.1. The maximum atomic E-state index is 11.1. The molecule has 0 aromatic rings. The van der Waals surface area contributed by atoms with Crippen LogP contribution in [0, 0.1) is 11.3 Å². The minimum Gasteiger partial charge on any atom is -0.462 e. The minimum absolute atomic E-state index is 0.285. The number of unbranched alkanes of at least 4 members (excludes halogenated alkanes) is 7. The zero-order chi connectivity index (χ0) is 15.8. The van der Waals surface area contributed by atoms with Gasteiger partial charge in [-0.3, -0.25) is 0 Å². The number of nitriles is 1. The molecule has 0 atom stereocenters. The van der Waals surface area contributed by atoms with E-state index in [0.29, 0.717) is 25.2 Å². The molecule has 0 amide bonds. The van der Waals surface area contributed by atoms with Gasteiger partial charge in [0.15, 0.2) is 0 Å². The molecule has 0 saturated heterocycles. The molecule has 0 N–H and O–H groups in total. The Morgan fingerprint density at radius 2 is 1.48 bits per heavy atom. The molecule has 0 fully saturated rings. The number of carbonyl (C=O) groups excluding carboxylic acids is 1. The second-order valence-corrected chi connectivity index (χ2v) is 5.27. The van der Waals surface area contributed by atoms with Crippen molar-refractivity contribution in [3.8, 4) is 6.07 Å². The second-order valence-electron chi connectivity index (χ2n) is 5.27. The van der Waals surface area contributed by atoms with Crippen molar-refractivity contribution in [3.63, 3.8) is 0 Å². The molecule has 4 nitrogen and oxygen atoms in total. The zero-order valence-electron chi connectivity index (χ0n) is 13.4. The Morgan fingerprint density at radius 1 is 0.952 bits per heavy atom. The highest BCUT2D eigenvalue weighted by molar-refractivity contribution is 5.86. The first kappa shape index (κ1) is 19.7. The van der Waals surface area contributed by atoms with E-state index in [9.17, 15) is 4.79 Å². The van der Waals surface area contributed by atoms with Crippen molar-refractivity contribution in [1.29, 1.82) is 5.26 Å². The third kappa shape index (κ3) is 14.9. The smallest absolute Gasteiger partial charge is 0.333 e. The normalized spacial score (nSPS) is 10.1. The van der Waals surface area contributed by atoms with Crippen molar-refractivity contribution in [1.82, 2.24) is 0 Å². The average molecular weight is 295 g/mol. The van der Waals surface area contributed by atoms with Crippen LogP contribution in [0.4, 0.5) is 0 Å². The molecule has 0 aliphatic carbocycles. The van der Waals surface area contributed by atoms with E-state index in [0.717, 1.165) is 25.9 Å². The topological polar surface area (TPSA) is 59.3 Å². The standard InChI is InChI=1S/C17H29NO3/c1-16(2)17(19)21-15-10-8-6-4-3-5-7-9-13-20-14-11-12-18/h1,3-11,13-15H2,2H3. The van der Waals surface area contributed by atoms with E-state index in [-0.39, 0.29) is 5.97 Å². The summed E-state index contributed by atoms with van der Waals surface area (Å²) in [5.41, 5.74) is 0.464. The molecule has 0 rings (SSSR count). The van der Waals surface area contributed by atoms with Crippen LogP contribution in [-0.2, 0) is 14.3 Å². The Morgan fingerprint density at radius 3 is 2.00 bits per heavy atom. The molecule has 0 bridgehead atoms. The summed E-state index contributed by atoms with van der Waals surface area (Å²) >= 11 is 0. The lowest BCUT2D eigenvalue weighted by Gasteiger charge is -2.05. The van der Waals surface area contributed by atoms with Crippen molar-refractivity contribution < 1.29 is 14.3 Å². The molecular formula is C17H29NO3. The van der Waals surface area contributed by atoms with E-state index in [4.69, 9.17) is 14.7 Å². The number of esters is 1. The van der Waals surface area contributed by atoms with E-state index in [1.807, 2.05) is 0 Å². The first-order valence-corrected chi connectivity index (χ1v) is 7.95. The van der Waals surface area contributed by atoms with Crippen molar-refractivity contribution in [2.24, 2.45) is 0 Å². The minimum atomic E-state index is -0.285. The van der Waals surface area contributed by atoms with Gasteiger partial charge in [0, 0.05) is 12.2 Å². The van der Waals surface area contributed by atoms with Crippen LogP contribution >= 0.6 is 0 Å². The molecular weight excluding hydrogens is 266 g/mol. The SMILES string of the molecule is C=C(C)C(=O)OCCCCCCCCCCOCCC#N. The first-order valence-electron chi connectivity index (χ1n) is 7.95. The van der Waals surface area contributed by atoms with Crippen LogP contribution in [0.3, 0.4) is 0 Å². The van der Waals surface area contributed by atoms with Crippen LogP contribution in [0.15, 0.2) is 12.2 Å². The third-order valence-electron chi connectivity index (χ3n) is 3.12. The number of rotatable bonds is 14. The lowest BCUT2D eigenvalue weighted by molar-refractivity contribution is -0.139. The summed E-state index contributed by atoms with van der Waals surface area (Å²) in [7, 11) is 0. The van der Waals surface area contributed by atoms with Crippen molar-refractivity contribution >= 4 is 5.97 Å². The molecule has 0 aromatic heterocycles. The molecule has 0 aromatic carbocycles. The number of hydrogen-bond donors (Lipinski definition) is 0. The quantitative estimate of drug-likeness (QED) is 0.274. The van der Waals surface area contributed by atoms with Gasteiger partial charge in [-0.2, -0.15) is 5.26 Å². The van der Waals surface area contributed by atoms with E-state index in [1.54, 1.807) is 6.92 Å². The van der Waals surface area contributed by atoms with Crippen LogP contribution in [-0.4, -0.2) is 25.8 Å². The number of nitrogens with zero attached hydrogens (tertiary/aromatic N) is 1. The Balaban J connectivity index is 3.08. The average Bonchev–Trinajstić information content (AvgIpc) is 2.47. The molecule has 0 aliphatic heterocycles. The fourth-order valence-corrected chi connectivity index (χ4v) is 1.87. The molecule has 21 heavy (non-hydrogen) atoms. The summed E-state index contributed by atoms with van der Waals surface area (Å²) in [6.07, 6.45) is 9.75. The maximum Gasteiger partial charge on any atom is 0.333 e. The lowest BCUT2D eigenvalue weighted by atomic mass is 10.1. The Kier molecular flexibility index (Phi) is 14.1. The van der Waals surface area contributed by atoms with E-state index < -0.39 is 0 Å². The Bertz CT molecular complexity index is 320. The van der Waals surface area contributed by atoms with Gasteiger partial charge in [-0.25, -0.2) is 4.79 Å². The molecule has 0 radical (unpaired) electrons. The molecule has 0 saturated carbocycles. The van der Waals surface area contributed by atoms with Gasteiger partial charge < -0.3 is 9.47 Å². The van der Waals surface area contributed by atoms with Crippen molar-refractivity contribution in [2.45, 2.75) is 64.7 Å². The van der Waals surface area contributed by atoms with Gasteiger partial charge in [-0.15, -0.1) is 0 Å². The summed E-state index contributed by atoms with van der Waals surface area (Å²) in [5.74, 6) is -0.285. The van der Waals surface area contributed by atoms with Crippen LogP contribution in [0.1, 0.15) is 64.7 Å². The number of hydrogen-bond acceptors (Lipinski definition) is 4. The molecule has 0 spiro atoms. The lowest BCUT2D eigenvalue weighted by Crippen LogP contribution is -2.05. The summed E-state index contributed by atoms with van der Waals surface area (Å²) in [6.45, 7) is 7.05. The molecule has 0 heterocycles. The van der Waals surface area contributed by atoms with Gasteiger partial charge in [-0.1, -0.05) is 45.1 Å². The van der Waals surface area contributed by atoms with Gasteiger partial charge in [0.1, 0.15) is 0 Å². The summed E-state index contributed by atoms with van der Waals surface area (Å²) < 4.78 is 10.3. The van der Waals surface area contributed by atoms with Crippen molar-refractivity contribution in [2.75, 3.05) is 19.8 Å². The van der Waals surface area contributed by atoms with Gasteiger partial charge in [0.2, 0.25) is 0 Å². The molecule has 120 valence electrons. The maximum absolute atomic E-state index is 11.1. The van der Waals surface area contributed by atoms with Gasteiger partial charge in [0.05, 0.1) is 25.7 Å². The Hall–Kier alpha value is -1.34. The van der Waals surface area contributed by atoms with E-state index in [2.05, 4.69) is 12.6 Å². The second kappa shape index (κ2) is 15.1. The number of carbonyl (C=O) groups is 1. The summed E-state index contributed by atoms with van der Waals surface area (Å²) in [6, 6.07) is 2.06. The predicted molar refractivity (Wildman–Crippen MR) is 83.8 cm³/mol. The monoisotopic (exact) mass is 295 g/mol. The first-order chi connectivity index (χ1) is 10.2. The zero-order valence-corrected chi connectivity index (χ0v) is 13.4. The fourth-order valence-electron chi connectivity index (χ4n) is 1.87. The number of ether oxygens (including phenoxy) is 2. The van der Waals surface area contributed by atoms with Gasteiger partial charge in [-0.05, 0) is 19.8 Å². The Labute approximate surface area is 129 Å². The molecule has 4 heteroatoms. The van der Waals surface area contributed by atoms with Crippen molar-refractivity contribution in [3.05, 3.63) is 12.2 Å². The highest BCUT2D eigenvalue weighted by Crippen LogP contribution is 2.09. The van der Waals surface area contributed by atoms with Crippen LogP contribution < -0.4 is 0 Å².